The summed E-state index contributed by atoms with van der Waals surface area (Å²) in [4.78, 5) is 26.9. The van der Waals surface area contributed by atoms with Crippen LogP contribution in [-0.2, 0) is 9.53 Å². The summed E-state index contributed by atoms with van der Waals surface area (Å²) in [6.45, 7) is 2.97. The second-order valence-corrected chi connectivity index (χ2v) is 4.82. The number of carbonyl (C=O) groups is 2. The SMILES string of the molecule is Cc1oc(-c2ccc(Cl)cc2)nc1C(=O)OC(C)C(N)=O. The first kappa shape index (κ1) is 15.1. The van der Waals surface area contributed by atoms with Crippen LogP contribution in [0.3, 0.4) is 0 Å². The minimum Gasteiger partial charge on any atom is -0.448 e. The van der Waals surface area contributed by atoms with Crippen molar-refractivity contribution in [1.82, 2.24) is 4.98 Å². The molecule has 0 aliphatic carbocycles. The van der Waals surface area contributed by atoms with Crippen molar-refractivity contribution in [3.8, 4) is 11.5 Å². The molecule has 0 saturated heterocycles. The molecule has 0 aliphatic rings. The van der Waals surface area contributed by atoms with Crippen molar-refractivity contribution < 1.29 is 18.7 Å². The van der Waals surface area contributed by atoms with Crippen LogP contribution in [-0.4, -0.2) is 23.0 Å². The van der Waals surface area contributed by atoms with Crippen molar-refractivity contribution in [2.75, 3.05) is 0 Å². The second-order valence-electron chi connectivity index (χ2n) is 4.38. The van der Waals surface area contributed by atoms with Gasteiger partial charge in [0.1, 0.15) is 5.76 Å². The Morgan fingerprint density at radius 1 is 1.33 bits per heavy atom. The molecule has 1 aromatic carbocycles. The van der Waals surface area contributed by atoms with Gasteiger partial charge >= 0.3 is 5.97 Å². The minimum atomic E-state index is -1.03. The second kappa shape index (κ2) is 5.97. The molecule has 0 aliphatic heterocycles. The number of esters is 1. The summed E-state index contributed by atoms with van der Waals surface area (Å²) in [5, 5.41) is 0.581. The molecule has 2 N–H and O–H groups in total. The number of halogens is 1. The third-order valence-corrected chi connectivity index (χ3v) is 3.02. The lowest BCUT2D eigenvalue weighted by atomic mass is 10.2. The molecule has 110 valence electrons. The minimum absolute atomic E-state index is 0.00745. The number of oxazole rings is 1. The van der Waals surface area contributed by atoms with Crippen molar-refractivity contribution in [3.63, 3.8) is 0 Å². The molecule has 0 spiro atoms. The van der Waals surface area contributed by atoms with Gasteiger partial charge in [0.15, 0.2) is 11.8 Å². The molecule has 21 heavy (non-hydrogen) atoms. The lowest BCUT2D eigenvalue weighted by Crippen LogP contribution is -2.30. The number of ether oxygens (including phenoxy) is 1. The van der Waals surface area contributed by atoms with Crippen LogP contribution in [0.15, 0.2) is 28.7 Å². The van der Waals surface area contributed by atoms with E-state index in [4.69, 9.17) is 26.5 Å². The van der Waals surface area contributed by atoms with Crippen molar-refractivity contribution in [2.24, 2.45) is 5.73 Å². The van der Waals surface area contributed by atoms with E-state index in [0.29, 0.717) is 16.3 Å². The van der Waals surface area contributed by atoms with E-state index in [-0.39, 0.29) is 11.6 Å². The summed E-state index contributed by atoms with van der Waals surface area (Å²) in [6, 6.07) is 6.80. The fourth-order valence-corrected chi connectivity index (χ4v) is 1.70. The molecule has 6 nitrogen and oxygen atoms in total. The van der Waals surface area contributed by atoms with Gasteiger partial charge in [0.2, 0.25) is 5.89 Å². The predicted molar refractivity (Wildman–Crippen MR) is 75.8 cm³/mol. The van der Waals surface area contributed by atoms with Gasteiger partial charge in [0.25, 0.3) is 5.91 Å². The number of benzene rings is 1. The first-order chi connectivity index (χ1) is 9.88. The Bertz CT molecular complexity index is 679. The first-order valence-electron chi connectivity index (χ1n) is 6.12. The number of hydrogen-bond acceptors (Lipinski definition) is 5. The van der Waals surface area contributed by atoms with Crippen molar-refractivity contribution in [3.05, 3.63) is 40.7 Å². The molecular formula is C14H13ClN2O4. The molecule has 0 bridgehead atoms. The van der Waals surface area contributed by atoms with Crippen LogP contribution < -0.4 is 5.73 Å². The van der Waals surface area contributed by atoms with E-state index in [1.54, 1.807) is 31.2 Å². The highest BCUT2D eigenvalue weighted by Crippen LogP contribution is 2.23. The van der Waals surface area contributed by atoms with E-state index < -0.39 is 18.0 Å². The summed E-state index contributed by atoms with van der Waals surface area (Å²) in [7, 11) is 0. The average molecular weight is 309 g/mol. The maximum Gasteiger partial charge on any atom is 0.361 e. The van der Waals surface area contributed by atoms with E-state index in [9.17, 15) is 9.59 Å². The number of nitrogens with two attached hydrogens (primary N) is 1. The molecule has 2 rings (SSSR count). The van der Waals surface area contributed by atoms with Gasteiger partial charge < -0.3 is 14.9 Å². The molecular weight excluding hydrogens is 296 g/mol. The van der Waals surface area contributed by atoms with Crippen LogP contribution in [0.5, 0.6) is 0 Å². The molecule has 2 aromatic rings. The van der Waals surface area contributed by atoms with Crippen LogP contribution in [0.2, 0.25) is 5.02 Å². The summed E-state index contributed by atoms with van der Waals surface area (Å²) >= 11 is 5.80. The van der Waals surface area contributed by atoms with Gasteiger partial charge in [-0.15, -0.1) is 0 Å². The number of aryl methyl sites for hydroxylation is 1. The summed E-state index contributed by atoms with van der Waals surface area (Å²) in [5.74, 6) is -0.936. The van der Waals surface area contributed by atoms with Gasteiger partial charge in [-0.25, -0.2) is 9.78 Å². The van der Waals surface area contributed by atoms with E-state index in [1.807, 2.05) is 0 Å². The topological polar surface area (TPSA) is 95.4 Å². The zero-order valence-electron chi connectivity index (χ0n) is 11.4. The normalized spacial score (nSPS) is 12.0. The third kappa shape index (κ3) is 3.41. The van der Waals surface area contributed by atoms with Crippen molar-refractivity contribution in [1.29, 1.82) is 0 Å². The third-order valence-electron chi connectivity index (χ3n) is 2.77. The van der Waals surface area contributed by atoms with Gasteiger partial charge in [-0.2, -0.15) is 0 Å². The van der Waals surface area contributed by atoms with Gasteiger partial charge in [-0.05, 0) is 38.1 Å². The Labute approximate surface area is 125 Å². The van der Waals surface area contributed by atoms with E-state index in [0.717, 1.165) is 0 Å². The number of amides is 1. The Hall–Kier alpha value is -2.34. The van der Waals surface area contributed by atoms with Gasteiger partial charge in [0.05, 0.1) is 0 Å². The first-order valence-corrected chi connectivity index (χ1v) is 6.50. The van der Waals surface area contributed by atoms with Crippen LogP contribution in [0, 0.1) is 6.92 Å². The summed E-state index contributed by atoms with van der Waals surface area (Å²) in [5.41, 5.74) is 5.72. The van der Waals surface area contributed by atoms with Crippen molar-refractivity contribution in [2.45, 2.75) is 20.0 Å². The maximum atomic E-state index is 11.9. The molecule has 1 atom stereocenters. The van der Waals surface area contributed by atoms with Gasteiger partial charge in [-0.3, -0.25) is 4.79 Å². The fourth-order valence-electron chi connectivity index (χ4n) is 1.58. The lowest BCUT2D eigenvalue weighted by molar-refractivity contribution is -0.125. The monoisotopic (exact) mass is 308 g/mol. The quantitative estimate of drug-likeness (QED) is 0.875. The Morgan fingerprint density at radius 2 is 1.95 bits per heavy atom. The largest absolute Gasteiger partial charge is 0.448 e. The molecule has 1 aromatic heterocycles. The van der Waals surface area contributed by atoms with Crippen LogP contribution in [0.1, 0.15) is 23.2 Å². The smallest absolute Gasteiger partial charge is 0.361 e. The lowest BCUT2D eigenvalue weighted by Gasteiger charge is -2.07. The predicted octanol–water partition coefficient (Wildman–Crippen LogP) is 2.33. The zero-order chi connectivity index (χ0) is 15.6. The highest BCUT2D eigenvalue weighted by molar-refractivity contribution is 6.30. The average Bonchev–Trinajstić information content (AvgIpc) is 2.81. The van der Waals surface area contributed by atoms with Crippen molar-refractivity contribution >= 4 is 23.5 Å². The van der Waals surface area contributed by atoms with Crippen LogP contribution in [0.4, 0.5) is 0 Å². The highest BCUT2D eigenvalue weighted by Gasteiger charge is 2.23. The number of hydrogen-bond donors (Lipinski definition) is 1. The van der Waals surface area contributed by atoms with Gasteiger partial charge in [0, 0.05) is 10.6 Å². The number of aromatic nitrogens is 1. The number of nitrogens with zero attached hydrogens (tertiary/aromatic N) is 1. The number of primary amides is 1. The highest BCUT2D eigenvalue weighted by atomic mass is 35.5. The maximum absolute atomic E-state index is 11.9. The molecule has 0 fully saturated rings. The standard InChI is InChI=1S/C14H13ClN2O4/c1-7-11(14(19)21-8(2)12(16)18)17-13(20-7)9-3-5-10(15)6-4-9/h3-6,8H,1-2H3,(H2,16,18). The van der Waals surface area contributed by atoms with E-state index in [2.05, 4.69) is 4.98 Å². The molecule has 7 heteroatoms. The van der Waals surface area contributed by atoms with Crippen LogP contribution in [0.25, 0.3) is 11.5 Å². The molecule has 1 heterocycles. The van der Waals surface area contributed by atoms with E-state index >= 15 is 0 Å². The molecule has 0 radical (unpaired) electrons. The zero-order valence-corrected chi connectivity index (χ0v) is 12.2. The van der Waals surface area contributed by atoms with Gasteiger partial charge in [-0.1, -0.05) is 11.6 Å². The van der Waals surface area contributed by atoms with Crippen LogP contribution >= 0.6 is 11.6 Å². The Morgan fingerprint density at radius 3 is 2.52 bits per heavy atom. The molecule has 1 amide bonds. The Kier molecular flexibility index (Phi) is 4.28. The summed E-state index contributed by atoms with van der Waals surface area (Å²) < 4.78 is 10.3. The fraction of sp³-hybridized carbons (Fsp3) is 0.214. The number of rotatable bonds is 4. The van der Waals surface area contributed by atoms with E-state index in [1.165, 1.54) is 6.92 Å². The summed E-state index contributed by atoms with van der Waals surface area (Å²) in [6.07, 6.45) is -1.03. The Balaban J connectivity index is 2.25. The number of carbonyl (C=O) groups excluding carboxylic acids is 2. The molecule has 0 saturated carbocycles. The molecule has 1 unspecified atom stereocenters.